The second-order valence-corrected chi connectivity index (χ2v) is 9.20. The third kappa shape index (κ3) is 3.03. The Morgan fingerprint density at radius 3 is 2.32 bits per heavy atom. The fraction of sp³-hybridized carbons (Fsp3) is 0.478. The summed E-state index contributed by atoms with van der Waals surface area (Å²) in [6.45, 7) is 10.9. The number of nitrogens with zero attached hydrogens (tertiary/aromatic N) is 4. The molecular weight excluding hydrogens is 348 g/mol. The first-order valence-corrected chi connectivity index (χ1v) is 10.3. The maximum Gasteiger partial charge on any atom is 0.247 e. The van der Waals surface area contributed by atoms with Crippen LogP contribution in [0, 0.1) is 12.8 Å². The molecule has 0 spiro atoms. The molecular formula is C23H28N4O. The van der Waals surface area contributed by atoms with Gasteiger partial charge < -0.3 is 14.2 Å². The van der Waals surface area contributed by atoms with Gasteiger partial charge >= 0.3 is 0 Å². The van der Waals surface area contributed by atoms with E-state index in [9.17, 15) is 0 Å². The molecule has 0 radical (unpaired) electrons. The standard InChI is InChI=1S/C23H28N4O/c1-15-24-25-22(28-15)18-9-5-16(6-10-18)20-13-19-14-26(23(2,3)4)11-12-27(19)21(20)17-7-8-17/h5-6,9-10,13-14,17,21H,7-8,11-12H2,1-4H3. The molecule has 5 heteroatoms. The summed E-state index contributed by atoms with van der Waals surface area (Å²) in [7, 11) is 0. The van der Waals surface area contributed by atoms with Crippen LogP contribution in [-0.2, 0) is 0 Å². The molecule has 1 aliphatic carbocycles. The Balaban J connectivity index is 1.48. The lowest BCUT2D eigenvalue weighted by molar-refractivity contribution is 0.146. The van der Waals surface area contributed by atoms with E-state index in [0.29, 0.717) is 17.8 Å². The third-order valence-electron chi connectivity index (χ3n) is 6.08. The van der Waals surface area contributed by atoms with Crippen LogP contribution in [0.4, 0.5) is 0 Å². The molecule has 2 aliphatic heterocycles. The first-order chi connectivity index (χ1) is 13.4. The van der Waals surface area contributed by atoms with E-state index in [2.05, 4.69) is 77.3 Å². The number of aryl methyl sites for hydroxylation is 1. The van der Waals surface area contributed by atoms with Crippen molar-refractivity contribution < 1.29 is 4.42 Å². The minimum Gasteiger partial charge on any atom is -0.421 e. The van der Waals surface area contributed by atoms with Crippen molar-refractivity contribution >= 4 is 5.57 Å². The summed E-state index contributed by atoms with van der Waals surface area (Å²) in [6, 6.07) is 9.12. The van der Waals surface area contributed by atoms with Crippen LogP contribution < -0.4 is 0 Å². The smallest absolute Gasteiger partial charge is 0.247 e. The minimum atomic E-state index is 0.161. The molecule has 1 saturated carbocycles. The molecule has 0 amide bonds. The zero-order chi connectivity index (χ0) is 19.5. The van der Waals surface area contributed by atoms with Gasteiger partial charge in [0, 0.05) is 37.3 Å². The molecule has 1 aromatic heterocycles. The summed E-state index contributed by atoms with van der Waals surface area (Å²) in [5.41, 5.74) is 5.26. The van der Waals surface area contributed by atoms with Gasteiger partial charge in [-0.15, -0.1) is 10.2 Å². The molecule has 2 aromatic rings. The third-order valence-corrected chi connectivity index (χ3v) is 6.08. The molecule has 5 nitrogen and oxygen atoms in total. The maximum atomic E-state index is 5.57. The van der Waals surface area contributed by atoms with Gasteiger partial charge in [0.25, 0.3) is 0 Å². The van der Waals surface area contributed by atoms with E-state index in [4.69, 9.17) is 4.42 Å². The molecule has 5 rings (SSSR count). The highest BCUT2D eigenvalue weighted by Gasteiger charge is 2.43. The zero-order valence-electron chi connectivity index (χ0n) is 17.1. The Bertz CT molecular complexity index is 944. The van der Waals surface area contributed by atoms with E-state index in [-0.39, 0.29) is 5.54 Å². The molecule has 1 unspecified atom stereocenters. The molecule has 0 saturated heterocycles. The summed E-state index contributed by atoms with van der Waals surface area (Å²) < 4.78 is 5.57. The van der Waals surface area contributed by atoms with E-state index in [1.807, 2.05) is 6.92 Å². The highest BCUT2D eigenvalue weighted by molar-refractivity contribution is 5.77. The normalized spacial score (nSPS) is 22.2. The van der Waals surface area contributed by atoms with Crippen LogP contribution >= 0.6 is 0 Å². The molecule has 1 fully saturated rings. The van der Waals surface area contributed by atoms with Crippen molar-refractivity contribution in [3.05, 3.63) is 53.7 Å². The van der Waals surface area contributed by atoms with Crippen LogP contribution in [0.25, 0.3) is 17.0 Å². The van der Waals surface area contributed by atoms with Gasteiger partial charge in [-0.2, -0.15) is 0 Å². The first kappa shape index (κ1) is 17.5. The lowest BCUT2D eigenvalue weighted by Crippen LogP contribution is -2.47. The number of allylic oxidation sites excluding steroid dienone is 1. The van der Waals surface area contributed by atoms with Crippen molar-refractivity contribution in [3.8, 4) is 11.5 Å². The van der Waals surface area contributed by atoms with Crippen molar-refractivity contribution in [2.45, 2.75) is 52.1 Å². The Morgan fingerprint density at radius 1 is 1.00 bits per heavy atom. The number of benzene rings is 1. The zero-order valence-corrected chi connectivity index (χ0v) is 17.1. The molecule has 3 aliphatic rings. The molecule has 28 heavy (non-hydrogen) atoms. The van der Waals surface area contributed by atoms with Gasteiger partial charge in [0.1, 0.15) is 0 Å². The second kappa shape index (κ2) is 6.23. The van der Waals surface area contributed by atoms with E-state index in [1.54, 1.807) is 0 Å². The number of fused-ring (bicyclic) bond motifs is 1. The molecule has 1 aromatic carbocycles. The lowest BCUT2D eigenvalue weighted by atomic mass is 9.95. The van der Waals surface area contributed by atoms with Crippen molar-refractivity contribution in [2.75, 3.05) is 13.1 Å². The van der Waals surface area contributed by atoms with Gasteiger partial charge in [-0.1, -0.05) is 12.1 Å². The van der Waals surface area contributed by atoms with Gasteiger partial charge in [-0.3, -0.25) is 0 Å². The van der Waals surface area contributed by atoms with Crippen molar-refractivity contribution in [1.29, 1.82) is 0 Å². The Kier molecular flexibility index (Phi) is 3.90. The summed E-state index contributed by atoms with van der Waals surface area (Å²) in [5, 5.41) is 8.07. The predicted octanol–water partition coefficient (Wildman–Crippen LogP) is 4.48. The number of hydrogen-bond acceptors (Lipinski definition) is 5. The van der Waals surface area contributed by atoms with Crippen LogP contribution in [0.3, 0.4) is 0 Å². The summed E-state index contributed by atoms with van der Waals surface area (Å²) >= 11 is 0. The lowest BCUT2D eigenvalue weighted by Gasteiger charge is -2.43. The van der Waals surface area contributed by atoms with Crippen molar-refractivity contribution in [2.24, 2.45) is 5.92 Å². The molecule has 1 atom stereocenters. The van der Waals surface area contributed by atoms with Crippen LogP contribution in [-0.4, -0.2) is 44.7 Å². The van der Waals surface area contributed by atoms with Gasteiger partial charge in [-0.05, 0) is 68.9 Å². The Hall–Kier alpha value is -2.56. The van der Waals surface area contributed by atoms with Crippen molar-refractivity contribution in [1.82, 2.24) is 20.0 Å². The topological polar surface area (TPSA) is 45.4 Å². The predicted molar refractivity (Wildman–Crippen MR) is 110 cm³/mol. The van der Waals surface area contributed by atoms with E-state index in [1.165, 1.54) is 29.7 Å². The summed E-state index contributed by atoms with van der Waals surface area (Å²) in [4.78, 5) is 5.10. The number of hydrogen-bond donors (Lipinski definition) is 0. The fourth-order valence-electron chi connectivity index (χ4n) is 4.40. The van der Waals surface area contributed by atoms with Crippen LogP contribution in [0.15, 0.2) is 46.7 Å². The van der Waals surface area contributed by atoms with Crippen LogP contribution in [0.1, 0.15) is 45.1 Å². The Morgan fingerprint density at radius 2 is 1.71 bits per heavy atom. The minimum absolute atomic E-state index is 0.161. The molecule has 146 valence electrons. The molecule has 0 bridgehead atoms. The maximum absolute atomic E-state index is 5.57. The van der Waals surface area contributed by atoms with Gasteiger partial charge in [0.15, 0.2) is 0 Å². The highest BCUT2D eigenvalue weighted by atomic mass is 16.4. The number of rotatable bonds is 3. The first-order valence-electron chi connectivity index (χ1n) is 10.3. The van der Waals surface area contributed by atoms with Crippen LogP contribution in [0.2, 0.25) is 0 Å². The van der Waals surface area contributed by atoms with E-state index < -0.39 is 0 Å². The SMILES string of the molecule is Cc1nnc(-c2ccc(C3=CC4=CN(C(C)(C)C)CCN4C3C3CC3)cc2)o1. The quantitative estimate of drug-likeness (QED) is 0.790. The number of aromatic nitrogens is 2. The highest BCUT2D eigenvalue weighted by Crippen LogP contribution is 2.47. The second-order valence-electron chi connectivity index (χ2n) is 9.20. The van der Waals surface area contributed by atoms with E-state index in [0.717, 1.165) is 24.6 Å². The molecule has 3 heterocycles. The van der Waals surface area contributed by atoms with Gasteiger partial charge in [-0.25, -0.2) is 0 Å². The van der Waals surface area contributed by atoms with Crippen molar-refractivity contribution in [3.63, 3.8) is 0 Å². The monoisotopic (exact) mass is 376 g/mol. The van der Waals surface area contributed by atoms with E-state index >= 15 is 0 Å². The van der Waals surface area contributed by atoms with Gasteiger partial charge in [0.2, 0.25) is 11.8 Å². The van der Waals surface area contributed by atoms with Gasteiger partial charge in [0.05, 0.1) is 11.7 Å². The average molecular weight is 377 g/mol. The average Bonchev–Trinajstić information content (AvgIpc) is 3.29. The molecule has 0 N–H and O–H groups in total. The summed E-state index contributed by atoms with van der Waals surface area (Å²) in [5.74, 6) is 1.97. The fourth-order valence-corrected chi connectivity index (χ4v) is 4.40. The van der Waals surface area contributed by atoms with Crippen LogP contribution in [0.5, 0.6) is 0 Å². The summed E-state index contributed by atoms with van der Waals surface area (Å²) in [6.07, 6.45) is 7.45. The largest absolute Gasteiger partial charge is 0.421 e. The Labute approximate surface area is 166 Å².